The molecule has 4 rings (SSSR count). The smallest absolute Gasteiger partial charge is 0.270 e. The third kappa shape index (κ3) is 5.29. The van der Waals surface area contributed by atoms with Gasteiger partial charge < -0.3 is 19.5 Å². The van der Waals surface area contributed by atoms with Crippen LogP contribution in [0.5, 0.6) is 5.75 Å². The molecule has 1 aromatic heterocycles. The Morgan fingerprint density at radius 1 is 1.03 bits per heavy atom. The Bertz CT molecular complexity index is 1130. The number of piperidine rings is 1. The van der Waals surface area contributed by atoms with E-state index in [9.17, 15) is 13.2 Å². The Balaban J connectivity index is 1.42. The average molecular weight is 556 g/mol. The molecule has 0 spiro atoms. The molecule has 2 aliphatic heterocycles. The zero-order valence-corrected chi connectivity index (χ0v) is 22.8. The summed E-state index contributed by atoms with van der Waals surface area (Å²) >= 11 is 3.63. The van der Waals surface area contributed by atoms with Crippen molar-refractivity contribution in [1.82, 2.24) is 19.1 Å². The number of ether oxygens (including phenoxy) is 1. The monoisotopic (exact) mass is 554 g/mol. The first kappa shape index (κ1) is 25.5. The molecule has 0 bridgehead atoms. The van der Waals surface area contributed by atoms with Gasteiger partial charge in [-0.2, -0.15) is 4.31 Å². The molecule has 10 heteroatoms. The highest BCUT2D eigenvalue weighted by Crippen LogP contribution is 2.33. The number of piperazine rings is 1. The standard InChI is InChI=1S/C24H35BrN4O4S/c1-16(2)27-7-5-19(6-8-27)33-23-14-18-13-22(26-21(18)15-20(23)25)24(30)28-9-11-29(12-10-28)34(31,32)17(3)4/h13-17,19,26H,5-12H2,1-4H3. The highest BCUT2D eigenvalue weighted by atomic mass is 79.9. The minimum absolute atomic E-state index is 0.113. The molecule has 0 atom stereocenters. The highest BCUT2D eigenvalue weighted by Gasteiger charge is 2.31. The lowest BCUT2D eigenvalue weighted by Crippen LogP contribution is -2.52. The molecule has 0 aliphatic carbocycles. The molecular weight excluding hydrogens is 520 g/mol. The Kier molecular flexibility index (Phi) is 7.61. The predicted octanol–water partition coefficient (Wildman–Crippen LogP) is 3.68. The lowest BCUT2D eigenvalue weighted by molar-refractivity contribution is 0.0692. The second kappa shape index (κ2) is 10.2. The molecule has 188 valence electrons. The molecule has 34 heavy (non-hydrogen) atoms. The topological polar surface area (TPSA) is 85.9 Å². The summed E-state index contributed by atoms with van der Waals surface area (Å²) < 4.78 is 33.5. The SMILES string of the molecule is CC(C)N1CCC(Oc2cc3cc(C(=O)N4CCN(S(=O)(=O)C(C)C)CC4)[nH]c3cc2Br)CC1. The van der Waals surface area contributed by atoms with Gasteiger partial charge in [-0.15, -0.1) is 0 Å². The van der Waals surface area contributed by atoms with Crippen molar-refractivity contribution in [2.75, 3.05) is 39.3 Å². The van der Waals surface area contributed by atoms with Crippen LogP contribution in [-0.2, 0) is 10.0 Å². The number of amides is 1. The van der Waals surface area contributed by atoms with E-state index >= 15 is 0 Å². The molecule has 0 unspecified atom stereocenters. The number of benzene rings is 1. The van der Waals surface area contributed by atoms with Crippen LogP contribution in [0.2, 0.25) is 0 Å². The van der Waals surface area contributed by atoms with Gasteiger partial charge in [0.05, 0.1) is 9.72 Å². The lowest BCUT2D eigenvalue weighted by atomic mass is 10.1. The Labute approximate surface area is 210 Å². The molecule has 2 fully saturated rings. The van der Waals surface area contributed by atoms with Gasteiger partial charge in [-0.05, 0) is 74.7 Å². The fourth-order valence-corrected chi connectivity index (χ4v) is 6.35. The van der Waals surface area contributed by atoms with Crippen molar-refractivity contribution in [1.29, 1.82) is 0 Å². The third-order valence-electron chi connectivity index (χ3n) is 6.89. The molecule has 1 amide bonds. The summed E-state index contributed by atoms with van der Waals surface area (Å²) in [5.41, 5.74) is 1.36. The molecule has 0 radical (unpaired) electrons. The zero-order chi connectivity index (χ0) is 24.6. The minimum atomic E-state index is -3.30. The van der Waals surface area contributed by atoms with Crippen molar-refractivity contribution in [2.45, 2.75) is 57.9 Å². The summed E-state index contributed by atoms with van der Waals surface area (Å²) in [6.07, 6.45) is 2.18. The van der Waals surface area contributed by atoms with Crippen molar-refractivity contribution in [3.63, 3.8) is 0 Å². The number of carbonyl (C=O) groups excluding carboxylic acids is 1. The lowest BCUT2D eigenvalue weighted by Gasteiger charge is -2.34. The summed E-state index contributed by atoms with van der Waals surface area (Å²) in [7, 11) is -3.30. The number of likely N-dealkylation sites (tertiary alicyclic amines) is 1. The van der Waals surface area contributed by atoms with E-state index in [0.29, 0.717) is 37.9 Å². The molecular formula is C24H35BrN4O4S. The number of hydrogen-bond donors (Lipinski definition) is 1. The highest BCUT2D eigenvalue weighted by molar-refractivity contribution is 9.10. The van der Waals surface area contributed by atoms with E-state index in [0.717, 1.165) is 47.1 Å². The number of sulfonamides is 1. The predicted molar refractivity (Wildman–Crippen MR) is 138 cm³/mol. The number of aromatic amines is 1. The van der Waals surface area contributed by atoms with Gasteiger partial charge in [-0.1, -0.05) is 0 Å². The number of halogens is 1. The van der Waals surface area contributed by atoms with Crippen LogP contribution in [-0.4, -0.2) is 90.1 Å². The van der Waals surface area contributed by atoms with E-state index in [4.69, 9.17) is 4.74 Å². The van der Waals surface area contributed by atoms with Gasteiger partial charge in [0, 0.05) is 56.2 Å². The van der Waals surface area contributed by atoms with E-state index in [1.807, 2.05) is 18.2 Å². The molecule has 8 nitrogen and oxygen atoms in total. The average Bonchev–Trinajstić information content (AvgIpc) is 3.21. The number of aromatic nitrogens is 1. The van der Waals surface area contributed by atoms with E-state index in [-0.39, 0.29) is 12.0 Å². The van der Waals surface area contributed by atoms with Gasteiger partial charge in [-0.25, -0.2) is 8.42 Å². The first-order chi connectivity index (χ1) is 16.1. The summed E-state index contributed by atoms with van der Waals surface area (Å²) in [5.74, 6) is 0.679. The van der Waals surface area contributed by atoms with Crippen LogP contribution in [0.1, 0.15) is 51.0 Å². The second-order valence-electron chi connectivity index (χ2n) is 9.78. The van der Waals surface area contributed by atoms with Gasteiger partial charge in [0.15, 0.2) is 0 Å². The van der Waals surface area contributed by atoms with Crippen molar-refractivity contribution >= 4 is 42.8 Å². The zero-order valence-electron chi connectivity index (χ0n) is 20.4. The van der Waals surface area contributed by atoms with Crippen LogP contribution in [0, 0.1) is 0 Å². The van der Waals surface area contributed by atoms with E-state index < -0.39 is 15.3 Å². The first-order valence-electron chi connectivity index (χ1n) is 12.1. The van der Waals surface area contributed by atoms with Crippen LogP contribution in [0.25, 0.3) is 10.9 Å². The van der Waals surface area contributed by atoms with Gasteiger partial charge >= 0.3 is 0 Å². The van der Waals surface area contributed by atoms with Crippen LogP contribution in [0.3, 0.4) is 0 Å². The maximum atomic E-state index is 13.1. The fraction of sp³-hybridized carbons (Fsp3) is 0.625. The van der Waals surface area contributed by atoms with Gasteiger partial charge in [0.2, 0.25) is 10.0 Å². The van der Waals surface area contributed by atoms with Crippen molar-refractivity contribution in [3.05, 3.63) is 28.4 Å². The van der Waals surface area contributed by atoms with Crippen molar-refractivity contribution in [2.24, 2.45) is 0 Å². The summed E-state index contributed by atoms with van der Waals surface area (Å²) in [5, 5.41) is 0.461. The molecule has 3 heterocycles. The number of rotatable bonds is 6. The van der Waals surface area contributed by atoms with Crippen LogP contribution in [0.15, 0.2) is 22.7 Å². The van der Waals surface area contributed by atoms with Gasteiger partial charge in [-0.3, -0.25) is 4.79 Å². The third-order valence-corrected chi connectivity index (χ3v) is 9.78. The fourth-order valence-electron chi connectivity index (χ4n) is 4.64. The molecule has 2 aliphatic rings. The Morgan fingerprint density at radius 2 is 1.68 bits per heavy atom. The van der Waals surface area contributed by atoms with E-state index in [1.54, 1.807) is 18.7 Å². The van der Waals surface area contributed by atoms with Crippen LogP contribution >= 0.6 is 15.9 Å². The Hall–Kier alpha value is -1.62. The van der Waals surface area contributed by atoms with E-state index in [2.05, 4.69) is 39.7 Å². The molecule has 2 aromatic rings. The van der Waals surface area contributed by atoms with Crippen LogP contribution < -0.4 is 4.74 Å². The molecule has 1 N–H and O–H groups in total. The minimum Gasteiger partial charge on any atom is -0.489 e. The van der Waals surface area contributed by atoms with E-state index in [1.165, 1.54) is 4.31 Å². The quantitative estimate of drug-likeness (QED) is 0.588. The summed E-state index contributed by atoms with van der Waals surface area (Å²) in [6, 6.07) is 6.35. The maximum Gasteiger partial charge on any atom is 0.270 e. The largest absolute Gasteiger partial charge is 0.489 e. The summed E-state index contributed by atoms with van der Waals surface area (Å²) in [6.45, 7) is 11.3. The number of hydrogen-bond acceptors (Lipinski definition) is 5. The maximum absolute atomic E-state index is 13.1. The molecule has 0 saturated carbocycles. The number of nitrogens with one attached hydrogen (secondary N) is 1. The van der Waals surface area contributed by atoms with Gasteiger partial charge in [0.25, 0.3) is 5.91 Å². The second-order valence-corrected chi connectivity index (χ2v) is 13.1. The van der Waals surface area contributed by atoms with Crippen molar-refractivity contribution in [3.8, 4) is 5.75 Å². The van der Waals surface area contributed by atoms with Crippen LogP contribution in [0.4, 0.5) is 0 Å². The van der Waals surface area contributed by atoms with Gasteiger partial charge in [0.1, 0.15) is 17.5 Å². The number of fused-ring (bicyclic) bond motifs is 1. The molecule has 2 saturated heterocycles. The number of nitrogens with zero attached hydrogens (tertiary/aromatic N) is 3. The normalized spacial score (nSPS) is 19.4. The first-order valence-corrected chi connectivity index (χ1v) is 14.4. The summed E-state index contributed by atoms with van der Waals surface area (Å²) in [4.78, 5) is 20.5. The Morgan fingerprint density at radius 3 is 2.26 bits per heavy atom. The number of H-pyrrole nitrogens is 1. The molecule has 1 aromatic carbocycles. The number of carbonyl (C=O) groups is 1. The van der Waals surface area contributed by atoms with Crippen molar-refractivity contribution < 1.29 is 17.9 Å².